The van der Waals surface area contributed by atoms with Crippen LogP contribution in [0.1, 0.15) is 5.56 Å². The van der Waals surface area contributed by atoms with Gasteiger partial charge in [0, 0.05) is 23.0 Å². The standard InChI is InChI=1S/C11H9ClN2O/c1-7-2-8(4-10(12)3-7)9-5-13-11(15)14-6-9/h2-6H,1H3,(H,13,14,15). The van der Waals surface area contributed by atoms with E-state index in [0.717, 1.165) is 16.7 Å². The second-order valence-electron chi connectivity index (χ2n) is 3.32. The van der Waals surface area contributed by atoms with E-state index in [9.17, 15) is 4.79 Å². The van der Waals surface area contributed by atoms with Gasteiger partial charge >= 0.3 is 5.69 Å². The van der Waals surface area contributed by atoms with Crippen molar-refractivity contribution in [1.29, 1.82) is 0 Å². The zero-order chi connectivity index (χ0) is 10.8. The smallest absolute Gasteiger partial charge is 0.312 e. The van der Waals surface area contributed by atoms with Gasteiger partial charge in [-0.1, -0.05) is 17.7 Å². The highest BCUT2D eigenvalue weighted by Crippen LogP contribution is 2.22. The van der Waals surface area contributed by atoms with Crippen LogP contribution < -0.4 is 5.69 Å². The Hall–Kier alpha value is -1.61. The van der Waals surface area contributed by atoms with E-state index >= 15 is 0 Å². The lowest BCUT2D eigenvalue weighted by Crippen LogP contribution is -2.07. The van der Waals surface area contributed by atoms with Crippen molar-refractivity contribution < 1.29 is 0 Å². The summed E-state index contributed by atoms with van der Waals surface area (Å²) < 4.78 is 0. The minimum atomic E-state index is -0.350. The van der Waals surface area contributed by atoms with Crippen molar-refractivity contribution in [3.8, 4) is 11.1 Å². The van der Waals surface area contributed by atoms with Crippen molar-refractivity contribution in [2.75, 3.05) is 0 Å². The van der Waals surface area contributed by atoms with E-state index in [-0.39, 0.29) is 5.69 Å². The number of aromatic nitrogens is 2. The van der Waals surface area contributed by atoms with Gasteiger partial charge in [0.05, 0.1) is 0 Å². The van der Waals surface area contributed by atoms with Crippen LogP contribution in [0, 0.1) is 6.92 Å². The fourth-order valence-corrected chi connectivity index (χ4v) is 1.69. The normalized spacial score (nSPS) is 10.3. The zero-order valence-corrected chi connectivity index (χ0v) is 8.88. The molecule has 2 aromatic rings. The molecule has 0 amide bonds. The molecule has 0 radical (unpaired) electrons. The van der Waals surface area contributed by atoms with Gasteiger partial charge in [0.2, 0.25) is 0 Å². The summed E-state index contributed by atoms with van der Waals surface area (Å²) in [7, 11) is 0. The predicted octanol–water partition coefficient (Wildman–Crippen LogP) is 2.40. The van der Waals surface area contributed by atoms with Gasteiger partial charge in [-0.15, -0.1) is 0 Å². The molecule has 3 nitrogen and oxygen atoms in total. The summed E-state index contributed by atoms with van der Waals surface area (Å²) in [6.45, 7) is 1.97. The predicted molar refractivity (Wildman–Crippen MR) is 60.0 cm³/mol. The molecule has 76 valence electrons. The molecule has 1 heterocycles. The molecule has 0 atom stereocenters. The zero-order valence-electron chi connectivity index (χ0n) is 8.12. The Morgan fingerprint density at radius 1 is 1.27 bits per heavy atom. The van der Waals surface area contributed by atoms with E-state index in [2.05, 4.69) is 9.97 Å². The second-order valence-corrected chi connectivity index (χ2v) is 3.76. The van der Waals surface area contributed by atoms with Gasteiger partial charge in [0.15, 0.2) is 0 Å². The number of nitrogens with one attached hydrogen (secondary N) is 1. The van der Waals surface area contributed by atoms with Gasteiger partial charge in [-0.2, -0.15) is 0 Å². The maximum Gasteiger partial charge on any atom is 0.344 e. The van der Waals surface area contributed by atoms with E-state index in [1.807, 2.05) is 25.1 Å². The molecule has 0 aliphatic heterocycles. The monoisotopic (exact) mass is 220 g/mol. The Bertz CT molecular complexity index is 508. The summed E-state index contributed by atoms with van der Waals surface area (Å²) in [6.07, 6.45) is 3.16. The van der Waals surface area contributed by atoms with Crippen LogP contribution in [0.5, 0.6) is 0 Å². The molecule has 0 aliphatic rings. The molecule has 0 unspecified atom stereocenters. The van der Waals surface area contributed by atoms with Crippen LogP contribution in [0.3, 0.4) is 0 Å². The fraction of sp³-hybridized carbons (Fsp3) is 0.0909. The first-order valence-electron chi connectivity index (χ1n) is 4.47. The molecule has 0 bridgehead atoms. The van der Waals surface area contributed by atoms with E-state index in [1.165, 1.54) is 6.20 Å². The molecule has 0 saturated carbocycles. The fourth-order valence-electron chi connectivity index (χ4n) is 1.40. The number of benzene rings is 1. The highest BCUT2D eigenvalue weighted by atomic mass is 35.5. The first-order valence-corrected chi connectivity index (χ1v) is 4.85. The third kappa shape index (κ3) is 2.25. The maximum atomic E-state index is 10.8. The molecule has 15 heavy (non-hydrogen) atoms. The van der Waals surface area contributed by atoms with Gasteiger partial charge in [-0.3, -0.25) is 0 Å². The number of nitrogens with zero attached hydrogens (tertiary/aromatic N) is 1. The third-order valence-electron chi connectivity index (χ3n) is 2.05. The van der Waals surface area contributed by atoms with Gasteiger partial charge in [0.25, 0.3) is 0 Å². The SMILES string of the molecule is Cc1cc(Cl)cc(-c2cnc(=O)[nH]c2)c1. The van der Waals surface area contributed by atoms with Crippen LogP contribution in [-0.4, -0.2) is 9.97 Å². The van der Waals surface area contributed by atoms with Crippen molar-refractivity contribution in [1.82, 2.24) is 9.97 Å². The van der Waals surface area contributed by atoms with E-state index in [4.69, 9.17) is 11.6 Å². The number of aromatic amines is 1. The quantitative estimate of drug-likeness (QED) is 0.802. The lowest BCUT2D eigenvalue weighted by molar-refractivity contribution is 1.08. The number of H-pyrrole nitrogens is 1. The van der Waals surface area contributed by atoms with E-state index in [1.54, 1.807) is 6.20 Å². The number of halogens is 1. The number of hydrogen-bond acceptors (Lipinski definition) is 2. The Morgan fingerprint density at radius 2 is 2.07 bits per heavy atom. The third-order valence-corrected chi connectivity index (χ3v) is 2.27. The van der Waals surface area contributed by atoms with Gasteiger partial charge in [-0.25, -0.2) is 9.78 Å². The average molecular weight is 221 g/mol. The Morgan fingerprint density at radius 3 is 2.67 bits per heavy atom. The highest BCUT2D eigenvalue weighted by Gasteiger charge is 2.00. The van der Waals surface area contributed by atoms with Crippen LogP contribution in [0.25, 0.3) is 11.1 Å². The molecule has 2 rings (SSSR count). The van der Waals surface area contributed by atoms with Crippen molar-refractivity contribution in [2.24, 2.45) is 0 Å². The second kappa shape index (κ2) is 3.87. The van der Waals surface area contributed by atoms with Gasteiger partial charge in [-0.05, 0) is 30.2 Å². The van der Waals surface area contributed by atoms with Gasteiger partial charge < -0.3 is 4.98 Å². The van der Waals surface area contributed by atoms with Crippen LogP contribution in [0.4, 0.5) is 0 Å². The molecule has 0 spiro atoms. The Labute approximate surface area is 91.8 Å². The van der Waals surface area contributed by atoms with Crippen molar-refractivity contribution >= 4 is 11.6 Å². The molecule has 1 N–H and O–H groups in total. The molecule has 4 heteroatoms. The molecule has 0 aliphatic carbocycles. The topological polar surface area (TPSA) is 45.8 Å². The lowest BCUT2D eigenvalue weighted by atomic mass is 10.1. The maximum absolute atomic E-state index is 10.8. The van der Waals surface area contributed by atoms with Gasteiger partial charge in [0.1, 0.15) is 0 Å². The molecule has 0 saturated heterocycles. The first-order chi connectivity index (χ1) is 7.15. The molecular formula is C11H9ClN2O. The first kappa shape index (κ1) is 9.93. The molecule has 1 aromatic carbocycles. The summed E-state index contributed by atoms with van der Waals surface area (Å²) in [5.41, 5.74) is 2.52. The van der Waals surface area contributed by atoms with E-state index in [0.29, 0.717) is 5.02 Å². The molecule has 1 aromatic heterocycles. The summed E-state index contributed by atoms with van der Waals surface area (Å²) in [6, 6.07) is 5.70. The minimum Gasteiger partial charge on any atom is -0.312 e. The van der Waals surface area contributed by atoms with E-state index < -0.39 is 0 Å². The highest BCUT2D eigenvalue weighted by molar-refractivity contribution is 6.30. The summed E-state index contributed by atoms with van der Waals surface area (Å²) >= 11 is 5.94. The largest absolute Gasteiger partial charge is 0.344 e. The summed E-state index contributed by atoms with van der Waals surface area (Å²) in [5, 5.41) is 0.677. The van der Waals surface area contributed by atoms with Crippen molar-refractivity contribution in [2.45, 2.75) is 6.92 Å². The van der Waals surface area contributed by atoms with Crippen molar-refractivity contribution in [3.05, 3.63) is 51.7 Å². The molecular weight excluding hydrogens is 212 g/mol. The number of aryl methyl sites for hydroxylation is 1. The summed E-state index contributed by atoms with van der Waals surface area (Å²) in [5.74, 6) is 0. The molecule has 0 fully saturated rings. The van der Waals surface area contributed by atoms with Crippen LogP contribution >= 0.6 is 11.6 Å². The Kier molecular flexibility index (Phi) is 2.56. The van der Waals surface area contributed by atoms with Crippen LogP contribution in [-0.2, 0) is 0 Å². The lowest BCUT2D eigenvalue weighted by Gasteiger charge is -2.02. The van der Waals surface area contributed by atoms with Crippen LogP contribution in [0.2, 0.25) is 5.02 Å². The average Bonchev–Trinajstić information content (AvgIpc) is 2.17. The Balaban J connectivity index is 2.53. The number of rotatable bonds is 1. The van der Waals surface area contributed by atoms with Crippen LogP contribution in [0.15, 0.2) is 35.4 Å². The number of hydrogen-bond donors (Lipinski definition) is 1. The van der Waals surface area contributed by atoms with Crippen molar-refractivity contribution in [3.63, 3.8) is 0 Å². The minimum absolute atomic E-state index is 0.350. The summed E-state index contributed by atoms with van der Waals surface area (Å²) in [4.78, 5) is 17.0.